The van der Waals surface area contributed by atoms with Gasteiger partial charge in [-0.1, -0.05) is 48.5 Å². The number of fused-ring (bicyclic) bond motifs is 3. The van der Waals surface area contributed by atoms with E-state index in [0.717, 1.165) is 25.8 Å². The Morgan fingerprint density at radius 2 is 1.63 bits per heavy atom. The fourth-order valence-electron chi connectivity index (χ4n) is 4.35. The molecule has 0 spiro atoms. The SMILES string of the molecule is CCN(CCC(=O)O)C(=O)c1cc(I)cc(NC(=O)OCC2c3ccccc3-c3ccccc32)c1. The highest BCUT2D eigenvalue weighted by Gasteiger charge is 2.29. The number of carbonyl (C=O) groups is 3. The number of anilines is 1. The molecule has 2 N–H and O–H groups in total. The van der Waals surface area contributed by atoms with Crippen LogP contribution in [0.2, 0.25) is 0 Å². The lowest BCUT2D eigenvalue weighted by atomic mass is 9.98. The van der Waals surface area contributed by atoms with Crippen LogP contribution in [0.5, 0.6) is 0 Å². The number of ether oxygens (including phenoxy) is 1. The second-order valence-electron chi connectivity index (χ2n) is 8.21. The van der Waals surface area contributed by atoms with Crippen LogP contribution in [0.1, 0.15) is 40.7 Å². The third-order valence-corrected chi connectivity index (χ3v) is 6.62. The molecule has 0 aromatic heterocycles. The Bertz CT molecular complexity index is 1230. The van der Waals surface area contributed by atoms with Gasteiger partial charge in [0.15, 0.2) is 0 Å². The summed E-state index contributed by atoms with van der Waals surface area (Å²) >= 11 is 2.07. The summed E-state index contributed by atoms with van der Waals surface area (Å²) in [5.74, 6) is -1.30. The van der Waals surface area contributed by atoms with E-state index in [1.54, 1.807) is 25.1 Å². The van der Waals surface area contributed by atoms with Crippen molar-refractivity contribution >= 4 is 46.2 Å². The molecule has 2 amide bonds. The molecule has 1 aliphatic carbocycles. The normalized spacial score (nSPS) is 11.9. The molecule has 0 saturated heterocycles. The second kappa shape index (κ2) is 10.9. The zero-order valence-electron chi connectivity index (χ0n) is 19.2. The highest BCUT2D eigenvalue weighted by molar-refractivity contribution is 14.1. The minimum atomic E-state index is -0.962. The van der Waals surface area contributed by atoms with E-state index < -0.39 is 12.1 Å². The summed E-state index contributed by atoms with van der Waals surface area (Å²) in [6.07, 6.45) is -0.737. The largest absolute Gasteiger partial charge is 0.481 e. The molecule has 0 bridgehead atoms. The van der Waals surface area contributed by atoms with Crippen molar-refractivity contribution < 1.29 is 24.2 Å². The second-order valence-corrected chi connectivity index (χ2v) is 9.45. The van der Waals surface area contributed by atoms with Crippen molar-refractivity contribution in [3.05, 3.63) is 87.0 Å². The van der Waals surface area contributed by atoms with Gasteiger partial charge in [0, 0.05) is 33.8 Å². The van der Waals surface area contributed by atoms with Crippen molar-refractivity contribution in [2.75, 3.05) is 25.0 Å². The van der Waals surface area contributed by atoms with Crippen LogP contribution in [-0.4, -0.2) is 47.7 Å². The predicted molar refractivity (Wildman–Crippen MR) is 142 cm³/mol. The standard InChI is InChI=1S/C27H25IN2O5/c1-2-30(12-11-25(31)32)26(33)17-13-18(28)15-19(14-17)29-27(34)35-16-24-22-9-5-3-7-20(22)21-8-4-6-10-23(21)24/h3-10,13-15,24H,2,11-12,16H2,1H3,(H,29,34)(H,31,32). The first-order chi connectivity index (χ1) is 16.9. The lowest BCUT2D eigenvalue weighted by Gasteiger charge is -2.20. The van der Waals surface area contributed by atoms with Gasteiger partial charge < -0.3 is 14.7 Å². The Morgan fingerprint density at radius 3 is 2.23 bits per heavy atom. The highest BCUT2D eigenvalue weighted by Crippen LogP contribution is 2.44. The maximum Gasteiger partial charge on any atom is 0.411 e. The topological polar surface area (TPSA) is 95.9 Å². The van der Waals surface area contributed by atoms with E-state index in [1.807, 2.05) is 24.3 Å². The molecular formula is C27H25IN2O5. The van der Waals surface area contributed by atoms with Crippen LogP contribution < -0.4 is 5.32 Å². The number of amides is 2. The van der Waals surface area contributed by atoms with Gasteiger partial charge in [-0.3, -0.25) is 14.9 Å². The average Bonchev–Trinajstić information content (AvgIpc) is 3.16. The summed E-state index contributed by atoms with van der Waals surface area (Å²) in [7, 11) is 0. The monoisotopic (exact) mass is 584 g/mol. The number of rotatable bonds is 8. The zero-order chi connectivity index (χ0) is 24.9. The quantitative estimate of drug-likeness (QED) is 0.337. The van der Waals surface area contributed by atoms with Crippen LogP contribution in [0, 0.1) is 3.57 Å². The van der Waals surface area contributed by atoms with Crippen LogP contribution in [0.15, 0.2) is 66.7 Å². The van der Waals surface area contributed by atoms with Gasteiger partial charge in [-0.25, -0.2) is 4.79 Å². The van der Waals surface area contributed by atoms with Crippen LogP contribution in [-0.2, 0) is 9.53 Å². The Balaban J connectivity index is 1.44. The van der Waals surface area contributed by atoms with Crippen molar-refractivity contribution in [3.63, 3.8) is 0 Å². The Kier molecular flexibility index (Phi) is 7.70. The maximum absolute atomic E-state index is 12.9. The predicted octanol–water partition coefficient (Wildman–Crippen LogP) is 5.59. The summed E-state index contributed by atoms with van der Waals surface area (Å²) < 4.78 is 6.37. The van der Waals surface area contributed by atoms with Crippen molar-refractivity contribution in [3.8, 4) is 11.1 Å². The number of hydrogen-bond donors (Lipinski definition) is 2. The molecule has 0 saturated carbocycles. The fourth-order valence-corrected chi connectivity index (χ4v) is 5.03. The van der Waals surface area contributed by atoms with Crippen molar-refractivity contribution in [1.29, 1.82) is 0 Å². The number of hydrogen-bond acceptors (Lipinski definition) is 4. The average molecular weight is 584 g/mol. The van der Waals surface area contributed by atoms with Crippen LogP contribution >= 0.6 is 22.6 Å². The van der Waals surface area contributed by atoms with E-state index in [0.29, 0.717) is 17.8 Å². The lowest BCUT2D eigenvalue weighted by molar-refractivity contribution is -0.137. The van der Waals surface area contributed by atoms with E-state index in [9.17, 15) is 14.4 Å². The summed E-state index contributed by atoms with van der Waals surface area (Å²) in [5, 5.41) is 11.7. The Morgan fingerprint density at radius 1 is 1.00 bits per heavy atom. The van der Waals surface area contributed by atoms with E-state index in [2.05, 4.69) is 52.2 Å². The van der Waals surface area contributed by atoms with Gasteiger partial charge in [-0.2, -0.15) is 0 Å². The summed E-state index contributed by atoms with van der Waals surface area (Å²) in [5.41, 5.74) is 5.38. The number of aliphatic carboxylic acids is 1. The number of nitrogens with zero attached hydrogens (tertiary/aromatic N) is 1. The number of carboxylic acid groups (broad SMARTS) is 1. The minimum absolute atomic E-state index is 0.0476. The van der Waals surface area contributed by atoms with Gasteiger partial charge in [0.05, 0.1) is 6.42 Å². The summed E-state index contributed by atoms with van der Waals surface area (Å²) in [4.78, 5) is 37.9. The lowest BCUT2D eigenvalue weighted by Crippen LogP contribution is -2.33. The van der Waals surface area contributed by atoms with Crippen LogP contribution in [0.25, 0.3) is 11.1 Å². The van der Waals surface area contributed by atoms with Gasteiger partial charge in [0.25, 0.3) is 5.91 Å². The number of carboxylic acids is 1. The van der Waals surface area contributed by atoms with Gasteiger partial charge in [-0.05, 0) is 70.0 Å². The molecule has 0 aliphatic heterocycles. The first kappa shape index (κ1) is 24.7. The fraction of sp³-hybridized carbons (Fsp3) is 0.222. The molecule has 1 aliphatic rings. The molecule has 4 rings (SSSR count). The van der Waals surface area contributed by atoms with Gasteiger partial charge in [0.1, 0.15) is 6.61 Å². The maximum atomic E-state index is 12.9. The molecule has 3 aromatic carbocycles. The molecule has 8 heteroatoms. The van der Waals surface area contributed by atoms with Crippen molar-refractivity contribution in [2.24, 2.45) is 0 Å². The molecule has 35 heavy (non-hydrogen) atoms. The molecule has 0 fully saturated rings. The number of nitrogens with one attached hydrogen (secondary N) is 1. The van der Waals surface area contributed by atoms with E-state index in [4.69, 9.17) is 9.84 Å². The molecule has 7 nitrogen and oxygen atoms in total. The first-order valence-corrected chi connectivity index (χ1v) is 12.4. The number of halogens is 1. The number of benzene rings is 3. The molecule has 0 unspecified atom stereocenters. The van der Waals surface area contributed by atoms with Gasteiger partial charge in [0.2, 0.25) is 0 Å². The van der Waals surface area contributed by atoms with Gasteiger partial charge in [-0.15, -0.1) is 0 Å². The minimum Gasteiger partial charge on any atom is -0.481 e. The molecule has 0 radical (unpaired) electrons. The third-order valence-electron chi connectivity index (χ3n) is 6.00. The zero-order valence-corrected chi connectivity index (χ0v) is 21.3. The molecule has 180 valence electrons. The summed E-state index contributed by atoms with van der Waals surface area (Å²) in [6, 6.07) is 21.3. The molecular weight excluding hydrogens is 559 g/mol. The Labute approximate surface area is 217 Å². The first-order valence-electron chi connectivity index (χ1n) is 11.3. The van der Waals surface area contributed by atoms with Gasteiger partial charge >= 0.3 is 12.1 Å². The van der Waals surface area contributed by atoms with Crippen LogP contribution in [0.3, 0.4) is 0 Å². The Hall–Kier alpha value is -3.40. The van der Waals surface area contributed by atoms with Crippen molar-refractivity contribution in [1.82, 2.24) is 4.90 Å². The van der Waals surface area contributed by atoms with E-state index in [-0.39, 0.29) is 31.4 Å². The highest BCUT2D eigenvalue weighted by atomic mass is 127. The van der Waals surface area contributed by atoms with Crippen LogP contribution in [0.4, 0.5) is 10.5 Å². The van der Waals surface area contributed by atoms with E-state index >= 15 is 0 Å². The molecule has 3 aromatic rings. The third kappa shape index (κ3) is 5.64. The summed E-state index contributed by atoms with van der Waals surface area (Å²) in [6.45, 7) is 2.48. The smallest absolute Gasteiger partial charge is 0.411 e. The van der Waals surface area contributed by atoms with Crippen molar-refractivity contribution in [2.45, 2.75) is 19.3 Å². The number of carbonyl (C=O) groups excluding carboxylic acids is 2. The molecule has 0 heterocycles. The van der Waals surface area contributed by atoms with E-state index in [1.165, 1.54) is 4.90 Å². The molecule has 0 atom stereocenters.